The van der Waals surface area contributed by atoms with E-state index in [-0.39, 0.29) is 23.9 Å². The number of hydrogen-bond donors (Lipinski definition) is 2. The Kier molecular flexibility index (Phi) is 6.32. The van der Waals surface area contributed by atoms with Crippen molar-refractivity contribution in [2.45, 2.75) is 35.2 Å². The molecule has 3 aliphatic heterocycles. The number of likely N-dealkylation sites (tertiary alicyclic amines) is 1. The summed E-state index contributed by atoms with van der Waals surface area (Å²) in [6, 6.07) is 16.1. The Labute approximate surface area is 224 Å². The summed E-state index contributed by atoms with van der Waals surface area (Å²) in [6.07, 6.45) is 4.55. The number of pyridine rings is 2. The van der Waals surface area contributed by atoms with Gasteiger partial charge in [0.05, 0.1) is 17.4 Å². The van der Waals surface area contributed by atoms with Crippen LogP contribution >= 0.6 is 11.8 Å². The van der Waals surface area contributed by atoms with E-state index < -0.39 is 11.3 Å². The zero-order chi connectivity index (χ0) is 26.2. The Morgan fingerprint density at radius 1 is 1.13 bits per heavy atom. The van der Waals surface area contributed by atoms with Gasteiger partial charge in [-0.25, -0.2) is 19.7 Å². The molecule has 0 spiro atoms. The normalized spacial score (nSPS) is 21.9. The van der Waals surface area contributed by atoms with Crippen molar-refractivity contribution in [3.8, 4) is 11.3 Å². The highest BCUT2D eigenvalue weighted by molar-refractivity contribution is 8.01. The molecular weight excluding hydrogens is 500 g/mol. The highest BCUT2D eigenvalue weighted by Crippen LogP contribution is 2.50. The van der Waals surface area contributed by atoms with Crippen LogP contribution in [-0.4, -0.2) is 57.1 Å². The van der Waals surface area contributed by atoms with E-state index in [0.29, 0.717) is 29.6 Å². The van der Waals surface area contributed by atoms with Crippen LogP contribution < -0.4 is 15.5 Å². The fourth-order valence-electron chi connectivity index (χ4n) is 5.28. The number of urea groups is 1. The molecule has 3 aliphatic rings. The van der Waals surface area contributed by atoms with E-state index in [4.69, 9.17) is 4.98 Å². The largest absolute Gasteiger partial charge is 0.351 e. The number of nitrogens with zero attached hydrogens (tertiary/aromatic N) is 4. The number of anilines is 2. The van der Waals surface area contributed by atoms with Crippen LogP contribution in [0.3, 0.4) is 0 Å². The highest BCUT2D eigenvalue weighted by atomic mass is 32.2. The van der Waals surface area contributed by atoms with Gasteiger partial charge in [-0.3, -0.25) is 9.59 Å². The van der Waals surface area contributed by atoms with Crippen LogP contribution in [0.1, 0.15) is 24.4 Å². The van der Waals surface area contributed by atoms with Crippen molar-refractivity contribution in [3.05, 3.63) is 79.0 Å². The van der Waals surface area contributed by atoms with Gasteiger partial charge >= 0.3 is 6.03 Å². The van der Waals surface area contributed by atoms with Gasteiger partial charge in [-0.15, -0.1) is 0 Å². The maximum Gasteiger partial charge on any atom is 0.328 e. The summed E-state index contributed by atoms with van der Waals surface area (Å²) in [5.74, 6) is 0.174. The van der Waals surface area contributed by atoms with Gasteiger partial charge in [-0.05, 0) is 37.1 Å². The first kappa shape index (κ1) is 24.2. The first-order chi connectivity index (χ1) is 18.5. The minimum atomic E-state index is -0.571. The van der Waals surface area contributed by atoms with Gasteiger partial charge in [0.1, 0.15) is 16.1 Å². The third-order valence-electron chi connectivity index (χ3n) is 7.05. The van der Waals surface area contributed by atoms with Gasteiger partial charge in [-0.2, -0.15) is 0 Å². The summed E-state index contributed by atoms with van der Waals surface area (Å²) in [5.41, 5.74) is 3.20. The van der Waals surface area contributed by atoms with E-state index in [2.05, 4.69) is 22.2 Å². The minimum absolute atomic E-state index is 0.134. The Morgan fingerprint density at radius 3 is 2.79 bits per heavy atom. The van der Waals surface area contributed by atoms with E-state index in [9.17, 15) is 14.4 Å². The Hall–Kier alpha value is -4.18. The monoisotopic (exact) mass is 526 g/mol. The lowest BCUT2D eigenvalue weighted by Gasteiger charge is -2.35. The van der Waals surface area contributed by atoms with Crippen LogP contribution in [0.25, 0.3) is 11.3 Å². The second kappa shape index (κ2) is 9.94. The zero-order valence-electron chi connectivity index (χ0n) is 20.5. The lowest BCUT2D eigenvalue weighted by atomic mass is 9.99. The number of amides is 4. The summed E-state index contributed by atoms with van der Waals surface area (Å²) >= 11 is 1.35. The molecule has 38 heavy (non-hydrogen) atoms. The SMILES string of the molecule is C=CC(=O)N1CCCC(NC(=O)[C@@H]2Sc3nccc4c3C2NC(=O)N4c2cccc(-c3ccccc3)n2)C1. The third-order valence-corrected chi connectivity index (χ3v) is 8.34. The topological polar surface area (TPSA) is 108 Å². The second-order valence-electron chi connectivity index (χ2n) is 9.43. The minimum Gasteiger partial charge on any atom is -0.351 e. The van der Waals surface area contributed by atoms with Crippen LogP contribution in [0.5, 0.6) is 0 Å². The lowest BCUT2D eigenvalue weighted by molar-refractivity contribution is -0.129. The molecule has 3 aromatic rings. The van der Waals surface area contributed by atoms with E-state index in [1.54, 1.807) is 28.1 Å². The molecule has 0 bridgehead atoms. The zero-order valence-corrected chi connectivity index (χ0v) is 21.4. The first-order valence-electron chi connectivity index (χ1n) is 12.5. The number of aromatic nitrogens is 2. The van der Waals surface area contributed by atoms with Crippen LogP contribution in [0.4, 0.5) is 16.3 Å². The molecule has 0 radical (unpaired) electrons. The molecular formula is C28H26N6O3S. The van der Waals surface area contributed by atoms with Crippen molar-refractivity contribution < 1.29 is 14.4 Å². The number of nitrogens with one attached hydrogen (secondary N) is 2. The van der Waals surface area contributed by atoms with Gasteiger partial charge in [0.15, 0.2) is 0 Å². The van der Waals surface area contributed by atoms with Gasteiger partial charge in [0, 0.05) is 36.5 Å². The number of rotatable bonds is 5. The van der Waals surface area contributed by atoms with E-state index in [0.717, 1.165) is 29.7 Å². The van der Waals surface area contributed by atoms with Crippen molar-refractivity contribution in [1.29, 1.82) is 0 Å². The molecule has 5 heterocycles. The van der Waals surface area contributed by atoms with Crippen LogP contribution in [-0.2, 0) is 9.59 Å². The van der Waals surface area contributed by atoms with Crippen molar-refractivity contribution in [3.63, 3.8) is 0 Å². The first-order valence-corrected chi connectivity index (χ1v) is 13.4. The average Bonchev–Trinajstić information content (AvgIpc) is 3.33. The Balaban J connectivity index is 1.26. The van der Waals surface area contributed by atoms with Crippen LogP contribution in [0.2, 0.25) is 0 Å². The molecule has 1 fully saturated rings. The molecule has 192 valence electrons. The van der Waals surface area contributed by atoms with Crippen LogP contribution in [0, 0.1) is 0 Å². The van der Waals surface area contributed by atoms with Gasteiger partial charge < -0.3 is 15.5 Å². The quantitative estimate of drug-likeness (QED) is 0.490. The number of piperidine rings is 1. The molecule has 1 saturated heterocycles. The predicted molar refractivity (Wildman–Crippen MR) is 145 cm³/mol. The number of thioether (sulfide) groups is 1. The fourth-order valence-corrected chi connectivity index (χ4v) is 6.51. The molecule has 0 aliphatic carbocycles. The molecule has 4 amide bonds. The maximum atomic E-state index is 13.5. The fraction of sp³-hybridized carbons (Fsp3) is 0.250. The van der Waals surface area contributed by atoms with E-state index in [1.807, 2.05) is 42.5 Å². The molecule has 10 heteroatoms. The number of hydrogen-bond acceptors (Lipinski definition) is 6. The average molecular weight is 527 g/mol. The van der Waals surface area contributed by atoms with Gasteiger partial charge in [-0.1, -0.05) is 54.7 Å². The molecule has 2 N–H and O–H groups in total. The molecule has 3 atom stereocenters. The van der Waals surface area contributed by atoms with Crippen molar-refractivity contribution >= 4 is 41.1 Å². The molecule has 2 unspecified atom stereocenters. The molecule has 0 saturated carbocycles. The van der Waals surface area contributed by atoms with Crippen molar-refractivity contribution in [2.75, 3.05) is 18.0 Å². The molecule has 6 rings (SSSR count). The number of carbonyl (C=O) groups excluding carboxylic acids is 3. The number of benzene rings is 1. The predicted octanol–water partition coefficient (Wildman–Crippen LogP) is 3.81. The Morgan fingerprint density at radius 2 is 1.97 bits per heavy atom. The summed E-state index contributed by atoms with van der Waals surface area (Å²) in [6.45, 7) is 4.66. The highest BCUT2D eigenvalue weighted by Gasteiger charge is 2.47. The molecule has 1 aromatic carbocycles. The summed E-state index contributed by atoms with van der Waals surface area (Å²) in [5, 5.41) is 6.28. The maximum absolute atomic E-state index is 13.5. The summed E-state index contributed by atoms with van der Waals surface area (Å²) in [4.78, 5) is 51.5. The van der Waals surface area contributed by atoms with E-state index >= 15 is 0 Å². The van der Waals surface area contributed by atoms with E-state index in [1.165, 1.54) is 17.8 Å². The Bertz CT molecular complexity index is 1430. The molecule has 2 aromatic heterocycles. The lowest BCUT2D eigenvalue weighted by Crippen LogP contribution is -2.53. The number of carbonyl (C=O) groups is 3. The van der Waals surface area contributed by atoms with Crippen molar-refractivity contribution in [2.24, 2.45) is 0 Å². The van der Waals surface area contributed by atoms with Crippen LogP contribution in [0.15, 0.2) is 78.5 Å². The summed E-state index contributed by atoms with van der Waals surface area (Å²) < 4.78 is 0. The molecule has 9 nitrogen and oxygen atoms in total. The van der Waals surface area contributed by atoms with Crippen molar-refractivity contribution in [1.82, 2.24) is 25.5 Å². The standard InChI is InChI=1S/C28H26N6O3S/c1-2-22(35)33-15-7-10-18(16-33)30-26(36)25-24-23-20(13-14-29-27(23)38-25)34(28(37)32-24)21-12-6-11-19(31-21)17-8-4-3-5-9-17/h2-6,8-9,11-14,18,24-25H,1,7,10,15-16H2,(H,30,36)(H,32,37)/t18?,24?,25-/m1/s1. The van der Waals surface area contributed by atoms with Gasteiger partial charge in [0.2, 0.25) is 11.8 Å². The third kappa shape index (κ3) is 4.30. The second-order valence-corrected chi connectivity index (χ2v) is 10.6. The smallest absolute Gasteiger partial charge is 0.328 e. The van der Waals surface area contributed by atoms with Gasteiger partial charge in [0.25, 0.3) is 0 Å². The summed E-state index contributed by atoms with van der Waals surface area (Å²) in [7, 11) is 0.